The molecule has 1 N–H and O–H groups in total. The lowest BCUT2D eigenvalue weighted by atomic mass is 9.90. The fourth-order valence-electron chi connectivity index (χ4n) is 1.72. The Labute approximate surface area is 138 Å². The largest absolute Gasteiger partial charge is 0.456 e. The Morgan fingerprint density at radius 1 is 1.52 bits per heavy atom. The number of aryl methyl sites for hydroxylation is 1. The number of ether oxygens (including phenoxy) is 1. The molecular weight excluding hydrogens is 318 g/mol. The van der Waals surface area contributed by atoms with Crippen LogP contribution in [0.1, 0.15) is 32.9 Å². The van der Waals surface area contributed by atoms with Crippen molar-refractivity contribution in [3.8, 4) is 6.07 Å². The number of thiazole rings is 1. The quantitative estimate of drug-likeness (QED) is 0.752. The standard InChI is InChI=1S/C15H21N3O4S/c1-10(2)15(4,9-16)17-12(19)7-22-13(20)5-6-18-11(3)8-23-14(18)21/h8,10H,5-7H2,1-4H3,(H,17,19)/t15-/m1/s1. The Morgan fingerprint density at radius 3 is 2.65 bits per heavy atom. The van der Waals surface area contributed by atoms with Crippen molar-refractivity contribution in [1.82, 2.24) is 9.88 Å². The van der Waals surface area contributed by atoms with Gasteiger partial charge < -0.3 is 14.6 Å². The van der Waals surface area contributed by atoms with Crippen molar-refractivity contribution in [3.63, 3.8) is 0 Å². The summed E-state index contributed by atoms with van der Waals surface area (Å²) in [4.78, 5) is 34.8. The molecule has 0 fully saturated rings. The van der Waals surface area contributed by atoms with Crippen molar-refractivity contribution in [2.45, 2.75) is 46.2 Å². The van der Waals surface area contributed by atoms with Crippen LogP contribution in [0.3, 0.4) is 0 Å². The van der Waals surface area contributed by atoms with E-state index in [1.165, 1.54) is 4.57 Å². The lowest BCUT2D eigenvalue weighted by molar-refractivity contribution is -0.149. The number of amides is 1. The molecule has 0 unspecified atom stereocenters. The monoisotopic (exact) mass is 339 g/mol. The number of carbonyl (C=O) groups is 2. The third-order valence-electron chi connectivity index (χ3n) is 3.67. The van der Waals surface area contributed by atoms with E-state index in [0.717, 1.165) is 17.0 Å². The summed E-state index contributed by atoms with van der Waals surface area (Å²) in [6.45, 7) is 6.80. The third kappa shape index (κ3) is 5.21. The van der Waals surface area contributed by atoms with Gasteiger partial charge in [-0.3, -0.25) is 14.4 Å². The van der Waals surface area contributed by atoms with Gasteiger partial charge in [0.25, 0.3) is 5.91 Å². The van der Waals surface area contributed by atoms with Gasteiger partial charge in [0.15, 0.2) is 6.61 Å². The number of nitrogens with one attached hydrogen (secondary N) is 1. The van der Waals surface area contributed by atoms with Gasteiger partial charge >= 0.3 is 10.8 Å². The normalized spacial score (nSPS) is 13.2. The minimum atomic E-state index is -1.01. The maximum atomic E-state index is 11.8. The number of carbonyl (C=O) groups excluding carboxylic acids is 2. The second kappa shape index (κ2) is 7.92. The van der Waals surface area contributed by atoms with Crippen molar-refractivity contribution >= 4 is 23.2 Å². The SMILES string of the molecule is Cc1csc(=O)n1CCC(=O)OCC(=O)N[C@](C)(C#N)C(C)C. The van der Waals surface area contributed by atoms with Gasteiger partial charge in [-0.05, 0) is 19.8 Å². The van der Waals surface area contributed by atoms with Crippen LogP contribution in [0.4, 0.5) is 0 Å². The van der Waals surface area contributed by atoms with Crippen molar-refractivity contribution < 1.29 is 14.3 Å². The molecule has 126 valence electrons. The molecule has 1 heterocycles. The van der Waals surface area contributed by atoms with Crippen LogP contribution in [0, 0.1) is 24.2 Å². The molecule has 0 aliphatic heterocycles. The Bertz CT molecular complexity index is 671. The Balaban J connectivity index is 2.43. The Morgan fingerprint density at radius 2 is 2.17 bits per heavy atom. The highest BCUT2D eigenvalue weighted by Crippen LogP contribution is 2.14. The first-order chi connectivity index (χ1) is 10.7. The van der Waals surface area contributed by atoms with Crippen LogP contribution in [-0.4, -0.2) is 28.6 Å². The number of hydrogen-bond acceptors (Lipinski definition) is 6. The van der Waals surface area contributed by atoms with E-state index >= 15 is 0 Å². The lowest BCUT2D eigenvalue weighted by Gasteiger charge is -2.27. The zero-order chi connectivity index (χ0) is 17.6. The predicted molar refractivity (Wildman–Crippen MR) is 85.9 cm³/mol. The van der Waals surface area contributed by atoms with Crippen molar-refractivity contribution in [1.29, 1.82) is 5.26 Å². The highest BCUT2D eigenvalue weighted by molar-refractivity contribution is 7.07. The van der Waals surface area contributed by atoms with Gasteiger partial charge in [0.05, 0.1) is 12.5 Å². The summed E-state index contributed by atoms with van der Waals surface area (Å²) in [5.74, 6) is -1.18. The molecule has 1 amide bonds. The van der Waals surface area contributed by atoms with Gasteiger partial charge in [-0.2, -0.15) is 5.26 Å². The number of rotatable bonds is 7. The minimum Gasteiger partial charge on any atom is -0.456 e. The van der Waals surface area contributed by atoms with Crippen LogP contribution in [0.5, 0.6) is 0 Å². The second-order valence-electron chi connectivity index (χ2n) is 5.72. The van der Waals surface area contributed by atoms with E-state index in [9.17, 15) is 14.4 Å². The first-order valence-electron chi connectivity index (χ1n) is 7.22. The molecule has 0 bridgehead atoms. The van der Waals surface area contributed by atoms with Crippen LogP contribution in [0.2, 0.25) is 0 Å². The highest BCUT2D eigenvalue weighted by atomic mass is 32.1. The molecule has 0 aliphatic rings. The summed E-state index contributed by atoms with van der Waals surface area (Å²) in [5, 5.41) is 13.4. The molecular formula is C15H21N3O4S. The van der Waals surface area contributed by atoms with Gasteiger partial charge in [-0.1, -0.05) is 25.2 Å². The van der Waals surface area contributed by atoms with Gasteiger partial charge in [-0.15, -0.1) is 0 Å². The molecule has 1 aromatic heterocycles. The van der Waals surface area contributed by atoms with Gasteiger partial charge in [0.1, 0.15) is 5.54 Å². The maximum Gasteiger partial charge on any atom is 0.308 e. The summed E-state index contributed by atoms with van der Waals surface area (Å²) in [6, 6.07) is 2.04. The molecule has 1 aromatic rings. The van der Waals surface area contributed by atoms with Crippen LogP contribution < -0.4 is 10.2 Å². The average molecular weight is 339 g/mol. The highest BCUT2D eigenvalue weighted by Gasteiger charge is 2.30. The third-order valence-corrected chi connectivity index (χ3v) is 4.55. The summed E-state index contributed by atoms with van der Waals surface area (Å²) < 4.78 is 6.36. The van der Waals surface area contributed by atoms with Crippen LogP contribution in [0.25, 0.3) is 0 Å². The minimum absolute atomic E-state index is 0.00442. The molecule has 1 atom stereocenters. The van der Waals surface area contributed by atoms with Crippen molar-refractivity contribution in [2.75, 3.05) is 6.61 Å². The van der Waals surface area contributed by atoms with E-state index in [1.54, 1.807) is 19.2 Å². The van der Waals surface area contributed by atoms with Crippen molar-refractivity contribution in [2.24, 2.45) is 5.92 Å². The molecule has 23 heavy (non-hydrogen) atoms. The van der Waals surface area contributed by atoms with Crippen LogP contribution >= 0.6 is 11.3 Å². The molecule has 7 nitrogen and oxygen atoms in total. The van der Waals surface area contributed by atoms with E-state index in [-0.39, 0.29) is 23.8 Å². The Hall–Kier alpha value is -2.14. The van der Waals surface area contributed by atoms with Gasteiger partial charge in [0.2, 0.25) is 0 Å². The Kier molecular flexibility index (Phi) is 6.51. The molecule has 1 rings (SSSR count). The summed E-state index contributed by atoms with van der Waals surface area (Å²) >= 11 is 1.07. The summed E-state index contributed by atoms with van der Waals surface area (Å²) in [6.07, 6.45) is 0.00442. The van der Waals surface area contributed by atoms with Crippen molar-refractivity contribution in [3.05, 3.63) is 20.7 Å². The number of esters is 1. The molecule has 0 saturated carbocycles. The number of nitriles is 1. The molecule has 0 aromatic carbocycles. The summed E-state index contributed by atoms with van der Waals surface area (Å²) in [7, 11) is 0. The molecule has 0 aliphatic carbocycles. The smallest absolute Gasteiger partial charge is 0.308 e. The first kappa shape index (κ1) is 18.9. The molecule has 8 heteroatoms. The fraction of sp³-hybridized carbons (Fsp3) is 0.600. The first-order valence-corrected chi connectivity index (χ1v) is 8.10. The van der Waals surface area contributed by atoms with E-state index in [0.29, 0.717) is 0 Å². The van der Waals surface area contributed by atoms with E-state index < -0.39 is 24.0 Å². The zero-order valence-electron chi connectivity index (χ0n) is 13.7. The van der Waals surface area contributed by atoms with Gasteiger partial charge in [-0.25, -0.2) is 0 Å². The van der Waals surface area contributed by atoms with Crippen LogP contribution in [0.15, 0.2) is 10.2 Å². The number of aromatic nitrogens is 1. The van der Waals surface area contributed by atoms with E-state index in [4.69, 9.17) is 10.00 Å². The molecule has 0 spiro atoms. The van der Waals surface area contributed by atoms with Crippen LogP contribution in [-0.2, 0) is 20.9 Å². The maximum absolute atomic E-state index is 11.8. The number of nitrogens with zero attached hydrogens (tertiary/aromatic N) is 2. The molecule has 0 saturated heterocycles. The van der Waals surface area contributed by atoms with E-state index in [1.807, 2.05) is 19.9 Å². The zero-order valence-corrected chi connectivity index (χ0v) is 14.5. The average Bonchev–Trinajstić information content (AvgIpc) is 2.81. The van der Waals surface area contributed by atoms with Gasteiger partial charge in [0, 0.05) is 17.6 Å². The lowest BCUT2D eigenvalue weighted by Crippen LogP contribution is -2.50. The number of hydrogen-bond donors (Lipinski definition) is 1. The molecule has 0 radical (unpaired) electrons. The summed E-state index contributed by atoms with van der Waals surface area (Å²) in [5.41, 5.74) is -0.225. The fourth-order valence-corrected chi connectivity index (χ4v) is 2.48. The van der Waals surface area contributed by atoms with E-state index in [2.05, 4.69) is 5.32 Å². The topological polar surface area (TPSA) is 101 Å². The predicted octanol–water partition coefficient (Wildman–Crippen LogP) is 1.21. The second-order valence-corrected chi connectivity index (χ2v) is 6.54.